The molecule has 3 rings (SSSR count). The van der Waals surface area contributed by atoms with E-state index in [0.29, 0.717) is 24.2 Å². The largest absolute Gasteiger partial charge is 0.351 e. The van der Waals surface area contributed by atoms with Crippen molar-refractivity contribution in [1.29, 1.82) is 0 Å². The van der Waals surface area contributed by atoms with E-state index in [9.17, 15) is 4.79 Å². The highest BCUT2D eigenvalue weighted by Crippen LogP contribution is 2.34. The average molecular weight is 349 g/mol. The first-order chi connectivity index (χ1) is 11.2. The van der Waals surface area contributed by atoms with Gasteiger partial charge >= 0.3 is 0 Å². The van der Waals surface area contributed by atoms with Crippen LogP contribution < -0.4 is 5.32 Å². The molecular formula is C18H21ClN2OS. The first kappa shape index (κ1) is 16.5. The van der Waals surface area contributed by atoms with E-state index < -0.39 is 0 Å². The number of amides is 1. The second-order valence-corrected chi connectivity index (χ2v) is 7.22. The lowest BCUT2D eigenvalue weighted by atomic mass is 9.98. The van der Waals surface area contributed by atoms with Gasteiger partial charge < -0.3 is 5.32 Å². The summed E-state index contributed by atoms with van der Waals surface area (Å²) in [4.78, 5) is 16.1. The number of carbonyl (C=O) groups is 1. The van der Waals surface area contributed by atoms with Crippen LogP contribution in [0.2, 0.25) is 5.02 Å². The number of nitrogens with one attached hydrogen (secondary N) is 1. The Balaban J connectivity index is 1.59. The van der Waals surface area contributed by atoms with Gasteiger partial charge in [0.1, 0.15) is 0 Å². The van der Waals surface area contributed by atoms with Gasteiger partial charge in [-0.2, -0.15) is 0 Å². The molecule has 0 spiro atoms. The average Bonchev–Trinajstić information content (AvgIpc) is 3.02. The number of benzene rings is 1. The molecule has 3 nitrogen and oxygen atoms in total. The smallest absolute Gasteiger partial charge is 0.234 e. The second kappa shape index (κ2) is 7.47. The van der Waals surface area contributed by atoms with Crippen LogP contribution in [0.5, 0.6) is 0 Å². The van der Waals surface area contributed by atoms with Gasteiger partial charge in [0, 0.05) is 29.0 Å². The zero-order valence-corrected chi connectivity index (χ0v) is 14.8. The molecule has 1 aliphatic heterocycles. The summed E-state index contributed by atoms with van der Waals surface area (Å²) < 4.78 is 0. The highest BCUT2D eigenvalue weighted by atomic mass is 35.5. The molecule has 23 heavy (non-hydrogen) atoms. The molecule has 122 valence electrons. The Morgan fingerprint density at radius 3 is 3.00 bits per heavy atom. The number of halogens is 1. The van der Waals surface area contributed by atoms with E-state index in [1.165, 1.54) is 10.4 Å². The number of hydrogen-bond acceptors (Lipinski definition) is 3. The summed E-state index contributed by atoms with van der Waals surface area (Å²) in [5.74, 6) is 0.0575. The molecule has 2 aromatic rings. The standard InChI is InChI=1S/C18H21ClN2OS/c1-2-16-14-8-10-23-17(14)7-9-21(16)12-18(22)20-11-13-5-3-4-6-15(13)19/h3-6,8,10,16H,2,7,9,11-12H2,1H3,(H,20,22). The van der Waals surface area contributed by atoms with Gasteiger partial charge in [-0.3, -0.25) is 9.69 Å². The molecule has 1 aromatic carbocycles. The molecule has 0 saturated heterocycles. The molecular weight excluding hydrogens is 328 g/mol. The highest BCUT2D eigenvalue weighted by Gasteiger charge is 2.28. The first-order valence-electron chi connectivity index (χ1n) is 7.99. The Morgan fingerprint density at radius 2 is 2.22 bits per heavy atom. The minimum absolute atomic E-state index is 0.0575. The Morgan fingerprint density at radius 1 is 1.39 bits per heavy atom. The van der Waals surface area contributed by atoms with E-state index in [0.717, 1.165) is 24.9 Å². The number of thiophene rings is 1. The molecule has 2 heterocycles. The predicted octanol–water partition coefficient (Wildman–Crippen LogP) is 4.03. The normalized spacial score (nSPS) is 17.7. The Labute approximate surface area is 146 Å². The zero-order valence-electron chi connectivity index (χ0n) is 13.2. The third-order valence-electron chi connectivity index (χ3n) is 4.37. The van der Waals surface area contributed by atoms with E-state index in [1.54, 1.807) is 0 Å². The molecule has 0 bridgehead atoms. The monoisotopic (exact) mass is 348 g/mol. The van der Waals surface area contributed by atoms with Gasteiger partial charge in [-0.15, -0.1) is 11.3 Å². The fraction of sp³-hybridized carbons (Fsp3) is 0.389. The van der Waals surface area contributed by atoms with Crippen LogP contribution in [0.25, 0.3) is 0 Å². The van der Waals surface area contributed by atoms with E-state index in [2.05, 4.69) is 28.6 Å². The summed E-state index contributed by atoms with van der Waals surface area (Å²) in [5.41, 5.74) is 2.36. The topological polar surface area (TPSA) is 32.3 Å². The molecule has 1 aromatic heterocycles. The number of hydrogen-bond donors (Lipinski definition) is 1. The van der Waals surface area contributed by atoms with Crippen LogP contribution in [0.15, 0.2) is 35.7 Å². The summed E-state index contributed by atoms with van der Waals surface area (Å²) in [6.45, 7) is 4.06. The van der Waals surface area contributed by atoms with Crippen LogP contribution in [0.4, 0.5) is 0 Å². The van der Waals surface area contributed by atoms with Gasteiger partial charge in [0.15, 0.2) is 0 Å². The molecule has 0 radical (unpaired) electrons. The Bertz CT molecular complexity index is 685. The van der Waals surface area contributed by atoms with Crippen molar-refractivity contribution in [1.82, 2.24) is 10.2 Å². The van der Waals surface area contributed by atoms with Gasteiger partial charge in [-0.25, -0.2) is 0 Å². The lowest BCUT2D eigenvalue weighted by Gasteiger charge is -2.34. The zero-order chi connectivity index (χ0) is 16.2. The number of carbonyl (C=O) groups excluding carboxylic acids is 1. The summed E-state index contributed by atoms with van der Waals surface area (Å²) in [6, 6.07) is 10.2. The first-order valence-corrected chi connectivity index (χ1v) is 9.25. The van der Waals surface area contributed by atoms with Crippen LogP contribution in [0.3, 0.4) is 0 Å². The van der Waals surface area contributed by atoms with Crippen molar-refractivity contribution in [3.63, 3.8) is 0 Å². The van der Waals surface area contributed by atoms with Crippen LogP contribution in [0.1, 0.15) is 35.4 Å². The van der Waals surface area contributed by atoms with Crippen molar-refractivity contribution in [2.24, 2.45) is 0 Å². The molecule has 5 heteroatoms. The molecule has 0 fully saturated rings. The van der Waals surface area contributed by atoms with Crippen molar-refractivity contribution in [3.8, 4) is 0 Å². The van der Waals surface area contributed by atoms with Crippen molar-refractivity contribution < 1.29 is 4.79 Å². The molecule has 0 aliphatic carbocycles. The summed E-state index contributed by atoms with van der Waals surface area (Å²) in [7, 11) is 0. The lowest BCUT2D eigenvalue weighted by Crippen LogP contribution is -2.42. The van der Waals surface area contributed by atoms with Gasteiger partial charge in [-0.05, 0) is 41.5 Å². The van der Waals surface area contributed by atoms with E-state index >= 15 is 0 Å². The van der Waals surface area contributed by atoms with Crippen LogP contribution in [0, 0.1) is 0 Å². The maximum atomic E-state index is 12.3. The van der Waals surface area contributed by atoms with E-state index in [-0.39, 0.29) is 5.91 Å². The van der Waals surface area contributed by atoms with Crippen LogP contribution in [-0.4, -0.2) is 23.9 Å². The lowest BCUT2D eigenvalue weighted by molar-refractivity contribution is -0.123. The van der Waals surface area contributed by atoms with Crippen LogP contribution in [-0.2, 0) is 17.8 Å². The van der Waals surface area contributed by atoms with Crippen molar-refractivity contribution in [2.45, 2.75) is 32.4 Å². The minimum atomic E-state index is 0.0575. The van der Waals surface area contributed by atoms with Gasteiger partial charge in [-0.1, -0.05) is 36.7 Å². The number of rotatable bonds is 5. The third kappa shape index (κ3) is 3.77. The molecule has 1 amide bonds. The summed E-state index contributed by atoms with van der Waals surface area (Å²) in [6.07, 6.45) is 2.07. The van der Waals surface area contributed by atoms with Crippen LogP contribution >= 0.6 is 22.9 Å². The SMILES string of the molecule is CCC1c2ccsc2CCN1CC(=O)NCc1ccccc1Cl. The second-order valence-electron chi connectivity index (χ2n) is 5.81. The van der Waals surface area contributed by atoms with E-state index in [1.807, 2.05) is 35.6 Å². The fourth-order valence-electron chi connectivity index (χ4n) is 3.19. The maximum absolute atomic E-state index is 12.3. The quantitative estimate of drug-likeness (QED) is 0.884. The fourth-order valence-corrected chi connectivity index (χ4v) is 4.32. The Kier molecular flexibility index (Phi) is 5.36. The number of nitrogens with zero attached hydrogens (tertiary/aromatic N) is 1. The predicted molar refractivity (Wildman–Crippen MR) is 95.9 cm³/mol. The molecule has 1 N–H and O–H groups in total. The molecule has 1 unspecified atom stereocenters. The maximum Gasteiger partial charge on any atom is 0.234 e. The van der Waals surface area contributed by atoms with Crippen molar-refractivity contribution in [2.75, 3.05) is 13.1 Å². The van der Waals surface area contributed by atoms with Crippen molar-refractivity contribution in [3.05, 3.63) is 56.7 Å². The minimum Gasteiger partial charge on any atom is -0.351 e. The number of fused-ring (bicyclic) bond motifs is 1. The Hall–Kier alpha value is -1.36. The van der Waals surface area contributed by atoms with Gasteiger partial charge in [0.25, 0.3) is 0 Å². The van der Waals surface area contributed by atoms with Crippen molar-refractivity contribution >= 4 is 28.8 Å². The molecule has 1 atom stereocenters. The molecule has 1 aliphatic rings. The third-order valence-corrected chi connectivity index (χ3v) is 5.74. The summed E-state index contributed by atoms with van der Waals surface area (Å²) in [5, 5.41) is 5.84. The van der Waals surface area contributed by atoms with E-state index in [4.69, 9.17) is 11.6 Å². The van der Waals surface area contributed by atoms with Gasteiger partial charge in [0.05, 0.1) is 6.54 Å². The van der Waals surface area contributed by atoms with Gasteiger partial charge in [0.2, 0.25) is 5.91 Å². The highest BCUT2D eigenvalue weighted by molar-refractivity contribution is 7.10. The summed E-state index contributed by atoms with van der Waals surface area (Å²) >= 11 is 7.96. The molecule has 0 saturated carbocycles.